The Labute approximate surface area is 122 Å². The maximum absolute atomic E-state index is 11.8. The number of nitrogens with zero attached hydrogens (tertiary/aromatic N) is 1. The number of carbonyl (C=O) groups is 3. The van der Waals surface area contributed by atoms with Gasteiger partial charge in [0, 0.05) is 11.6 Å². The van der Waals surface area contributed by atoms with Crippen molar-refractivity contribution in [1.29, 1.82) is 0 Å². The number of hydrogen-bond acceptors (Lipinski definition) is 5. The summed E-state index contributed by atoms with van der Waals surface area (Å²) < 4.78 is 0. The van der Waals surface area contributed by atoms with E-state index in [1.54, 1.807) is 0 Å². The molecule has 0 aliphatic carbocycles. The van der Waals surface area contributed by atoms with Crippen molar-refractivity contribution in [1.82, 2.24) is 5.32 Å². The van der Waals surface area contributed by atoms with E-state index in [1.807, 2.05) is 5.32 Å². The third kappa shape index (κ3) is 4.42. The summed E-state index contributed by atoms with van der Waals surface area (Å²) in [5.41, 5.74) is 4.21. The average Bonchev–Trinajstić information content (AvgIpc) is 2.37. The molecular formula is C11H10ClN3O6. The fourth-order valence-corrected chi connectivity index (χ4v) is 1.62. The Bertz CT molecular complexity index is 618. The molecular weight excluding hydrogens is 306 g/mol. The zero-order chi connectivity index (χ0) is 16.2. The number of primary amides is 1. The number of halogens is 1. The Morgan fingerprint density at radius 3 is 2.52 bits per heavy atom. The van der Waals surface area contributed by atoms with E-state index in [0.29, 0.717) is 0 Å². The summed E-state index contributed by atoms with van der Waals surface area (Å²) in [7, 11) is 0. The Morgan fingerprint density at radius 2 is 2.05 bits per heavy atom. The molecule has 1 unspecified atom stereocenters. The summed E-state index contributed by atoms with van der Waals surface area (Å²) in [4.78, 5) is 43.4. The summed E-state index contributed by atoms with van der Waals surface area (Å²) >= 11 is 5.59. The first-order valence-corrected chi connectivity index (χ1v) is 5.86. The number of benzene rings is 1. The van der Waals surface area contributed by atoms with Gasteiger partial charge >= 0.3 is 5.97 Å². The maximum atomic E-state index is 11.8. The van der Waals surface area contributed by atoms with Crippen LogP contribution < -0.4 is 11.1 Å². The number of nitro groups is 1. The Kier molecular flexibility index (Phi) is 5.19. The molecule has 10 heteroatoms. The van der Waals surface area contributed by atoms with Crippen LogP contribution in [0.4, 0.5) is 5.69 Å². The van der Waals surface area contributed by atoms with Crippen LogP contribution in [0.15, 0.2) is 18.2 Å². The highest BCUT2D eigenvalue weighted by Crippen LogP contribution is 2.25. The molecule has 0 spiro atoms. The normalized spacial score (nSPS) is 11.5. The van der Waals surface area contributed by atoms with E-state index in [2.05, 4.69) is 0 Å². The van der Waals surface area contributed by atoms with Crippen LogP contribution in [0.1, 0.15) is 16.8 Å². The standard InChI is InChI=1S/C11H10ClN3O6/c12-6-2-1-5(3-8(6)15(20)21)10(17)14-7(11(18)19)4-9(13)16/h1-3,7H,4H2,(H2,13,16)(H,14,17)(H,18,19). The second-order valence-corrected chi connectivity index (χ2v) is 4.37. The minimum atomic E-state index is -1.52. The van der Waals surface area contributed by atoms with Gasteiger partial charge in [0.2, 0.25) is 5.91 Å². The minimum absolute atomic E-state index is 0.163. The zero-order valence-electron chi connectivity index (χ0n) is 10.4. The summed E-state index contributed by atoms with van der Waals surface area (Å²) in [6, 6.07) is 1.71. The number of nitrogens with one attached hydrogen (secondary N) is 1. The number of nitrogens with two attached hydrogens (primary N) is 1. The molecule has 9 nitrogen and oxygen atoms in total. The van der Waals surface area contributed by atoms with Gasteiger partial charge < -0.3 is 16.2 Å². The van der Waals surface area contributed by atoms with Crippen molar-refractivity contribution < 1.29 is 24.4 Å². The number of carboxylic acids is 1. The highest BCUT2D eigenvalue weighted by molar-refractivity contribution is 6.32. The monoisotopic (exact) mass is 315 g/mol. The lowest BCUT2D eigenvalue weighted by atomic mass is 10.1. The van der Waals surface area contributed by atoms with Crippen LogP contribution >= 0.6 is 11.6 Å². The number of nitro benzene ring substituents is 1. The van der Waals surface area contributed by atoms with Crippen LogP contribution in [0, 0.1) is 10.1 Å². The number of amides is 2. The van der Waals surface area contributed by atoms with Gasteiger partial charge in [-0.1, -0.05) is 11.6 Å². The predicted octanol–water partition coefficient (Wildman–Crippen LogP) is 0.307. The van der Waals surface area contributed by atoms with Gasteiger partial charge in [-0.3, -0.25) is 19.7 Å². The molecule has 112 valence electrons. The summed E-state index contributed by atoms with van der Waals surface area (Å²) in [5, 5.41) is 21.4. The second-order valence-electron chi connectivity index (χ2n) is 3.96. The molecule has 2 amide bonds. The Hall–Kier alpha value is -2.68. The summed E-state index contributed by atoms with van der Waals surface area (Å²) in [5.74, 6) is -3.26. The molecule has 1 rings (SSSR count). The molecule has 0 aliphatic rings. The highest BCUT2D eigenvalue weighted by Gasteiger charge is 2.24. The van der Waals surface area contributed by atoms with Crippen LogP contribution in [0.3, 0.4) is 0 Å². The van der Waals surface area contributed by atoms with Crippen LogP contribution in [-0.4, -0.2) is 33.9 Å². The van der Waals surface area contributed by atoms with Crippen LogP contribution in [-0.2, 0) is 9.59 Å². The zero-order valence-corrected chi connectivity index (χ0v) is 11.2. The van der Waals surface area contributed by atoms with Gasteiger partial charge in [-0.05, 0) is 12.1 Å². The molecule has 0 saturated carbocycles. The van der Waals surface area contributed by atoms with Gasteiger partial charge in [0.1, 0.15) is 11.1 Å². The third-order valence-electron chi connectivity index (χ3n) is 2.41. The number of carbonyl (C=O) groups excluding carboxylic acids is 2. The first-order chi connectivity index (χ1) is 9.72. The number of rotatable bonds is 6. The van der Waals surface area contributed by atoms with Gasteiger partial charge in [0.05, 0.1) is 11.3 Å². The maximum Gasteiger partial charge on any atom is 0.326 e. The molecule has 0 radical (unpaired) electrons. The second kappa shape index (κ2) is 6.66. The quantitative estimate of drug-likeness (QED) is 0.507. The van der Waals surface area contributed by atoms with Gasteiger partial charge in [0.15, 0.2) is 0 Å². The van der Waals surface area contributed by atoms with E-state index >= 15 is 0 Å². The fourth-order valence-electron chi connectivity index (χ4n) is 1.44. The molecule has 0 fully saturated rings. The molecule has 0 saturated heterocycles. The van der Waals surface area contributed by atoms with Crippen LogP contribution in [0.5, 0.6) is 0 Å². The first kappa shape index (κ1) is 16.4. The SMILES string of the molecule is NC(=O)CC(NC(=O)c1ccc(Cl)c([N+](=O)[O-])c1)C(=O)O. The van der Waals surface area contributed by atoms with Crippen LogP contribution in [0.25, 0.3) is 0 Å². The lowest BCUT2D eigenvalue weighted by Crippen LogP contribution is -2.43. The third-order valence-corrected chi connectivity index (χ3v) is 2.73. The average molecular weight is 316 g/mol. The summed E-state index contributed by atoms with van der Waals surface area (Å²) in [6.45, 7) is 0. The molecule has 4 N–H and O–H groups in total. The Morgan fingerprint density at radius 1 is 1.43 bits per heavy atom. The number of aliphatic carboxylic acids is 1. The smallest absolute Gasteiger partial charge is 0.326 e. The van der Waals surface area contributed by atoms with Gasteiger partial charge in [-0.15, -0.1) is 0 Å². The fraction of sp³-hybridized carbons (Fsp3) is 0.182. The molecule has 0 heterocycles. The van der Waals surface area contributed by atoms with Gasteiger partial charge in [0.25, 0.3) is 11.6 Å². The highest BCUT2D eigenvalue weighted by atomic mass is 35.5. The van der Waals surface area contributed by atoms with Crippen molar-refractivity contribution in [3.63, 3.8) is 0 Å². The summed E-state index contributed by atoms with van der Waals surface area (Å²) in [6.07, 6.45) is -0.600. The molecule has 0 aliphatic heterocycles. The lowest BCUT2D eigenvalue weighted by Gasteiger charge is -2.12. The van der Waals surface area contributed by atoms with Crippen LogP contribution in [0.2, 0.25) is 5.02 Å². The van der Waals surface area contributed by atoms with Gasteiger partial charge in [-0.25, -0.2) is 4.79 Å². The molecule has 1 aromatic rings. The topological polar surface area (TPSA) is 153 Å². The van der Waals surface area contributed by atoms with Crippen molar-refractivity contribution in [3.8, 4) is 0 Å². The molecule has 0 aromatic heterocycles. The molecule has 1 atom stereocenters. The Balaban J connectivity index is 2.97. The minimum Gasteiger partial charge on any atom is -0.480 e. The van der Waals surface area contributed by atoms with E-state index in [0.717, 1.165) is 12.1 Å². The number of carboxylic acid groups (broad SMARTS) is 1. The van der Waals surface area contributed by atoms with Crippen molar-refractivity contribution >= 4 is 35.1 Å². The lowest BCUT2D eigenvalue weighted by molar-refractivity contribution is -0.384. The first-order valence-electron chi connectivity index (χ1n) is 5.48. The van der Waals surface area contributed by atoms with Gasteiger partial charge in [-0.2, -0.15) is 0 Å². The van der Waals surface area contributed by atoms with Crippen molar-refractivity contribution in [2.24, 2.45) is 5.73 Å². The van der Waals surface area contributed by atoms with E-state index < -0.39 is 40.9 Å². The molecule has 0 bridgehead atoms. The van der Waals surface area contributed by atoms with Crippen molar-refractivity contribution in [3.05, 3.63) is 38.9 Å². The van der Waals surface area contributed by atoms with E-state index in [9.17, 15) is 24.5 Å². The van der Waals surface area contributed by atoms with E-state index in [-0.39, 0.29) is 10.6 Å². The van der Waals surface area contributed by atoms with Crippen molar-refractivity contribution in [2.75, 3.05) is 0 Å². The molecule has 1 aromatic carbocycles. The van der Waals surface area contributed by atoms with E-state index in [1.165, 1.54) is 6.07 Å². The molecule has 21 heavy (non-hydrogen) atoms. The predicted molar refractivity (Wildman–Crippen MR) is 70.8 cm³/mol. The van der Waals surface area contributed by atoms with Crippen molar-refractivity contribution in [2.45, 2.75) is 12.5 Å². The van der Waals surface area contributed by atoms with E-state index in [4.69, 9.17) is 22.4 Å². The number of hydrogen-bond donors (Lipinski definition) is 3. The largest absolute Gasteiger partial charge is 0.480 e.